The quantitative estimate of drug-likeness (QED) is 0.136. The summed E-state index contributed by atoms with van der Waals surface area (Å²) in [5.41, 5.74) is 4.90. The number of aliphatic imine (C=N–C) groups is 1. The van der Waals surface area contributed by atoms with Gasteiger partial charge in [0, 0.05) is 38.2 Å². The maximum Gasteiger partial charge on any atom is 0.306 e. The van der Waals surface area contributed by atoms with Gasteiger partial charge in [-0.3, -0.25) is 15.0 Å². The monoisotopic (exact) mass is 613 g/mol. The summed E-state index contributed by atoms with van der Waals surface area (Å²) in [5, 5.41) is 9.03. The minimum atomic E-state index is -1.52. The highest BCUT2D eigenvalue weighted by molar-refractivity contribution is 6.01. The number of hydrazine groups is 1. The van der Waals surface area contributed by atoms with Gasteiger partial charge in [0.25, 0.3) is 5.91 Å². The van der Waals surface area contributed by atoms with Gasteiger partial charge in [0.15, 0.2) is 11.6 Å². The van der Waals surface area contributed by atoms with E-state index in [9.17, 15) is 9.59 Å². The summed E-state index contributed by atoms with van der Waals surface area (Å²) in [6.45, 7) is 10.8. The second-order valence-corrected chi connectivity index (χ2v) is 11.8. The maximum atomic E-state index is 14.1. The lowest BCUT2D eigenvalue weighted by molar-refractivity contribution is -0.155. The minimum Gasteiger partial charge on any atom is -0.497 e. The number of esters is 1. The van der Waals surface area contributed by atoms with Crippen molar-refractivity contribution in [2.24, 2.45) is 4.99 Å². The Morgan fingerprint density at radius 1 is 1.07 bits per heavy atom. The second-order valence-electron chi connectivity index (χ2n) is 11.8. The van der Waals surface area contributed by atoms with Gasteiger partial charge >= 0.3 is 5.97 Å². The first-order chi connectivity index (χ1) is 21.0. The molecule has 0 aliphatic carbocycles. The van der Waals surface area contributed by atoms with Crippen molar-refractivity contribution >= 4 is 17.8 Å². The molecular weight excluding hydrogens is 566 g/mol. The molecule has 242 valence electrons. The number of rotatable bonds is 17. The number of aliphatic hydroxyl groups is 1. The first-order valence-corrected chi connectivity index (χ1v) is 15.1. The fourth-order valence-corrected chi connectivity index (χ4v) is 4.59. The van der Waals surface area contributed by atoms with Gasteiger partial charge in [-0.1, -0.05) is 12.1 Å². The molecule has 0 saturated heterocycles. The number of carbonyl (C=O) groups excluding carboxylic acids is 2. The van der Waals surface area contributed by atoms with E-state index in [0.29, 0.717) is 55.2 Å². The second kappa shape index (κ2) is 16.4. The zero-order chi connectivity index (χ0) is 32.2. The highest BCUT2D eigenvalue weighted by Gasteiger charge is 2.53. The van der Waals surface area contributed by atoms with Crippen LogP contribution in [0.1, 0.15) is 77.5 Å². The number of ether oxygens (including phenoxy) is 5. The third-order valence-corrected chi connectivity index (χ3v) is 6.66. The van der Waals surface area contributed by atoms with Crippen LogP contribution in [0, 0.1) is 0 Å². The number of hydrogen-bond acceptors (Lipinski definition) is 10. The molecule has 0 fully saturated rings. The lowest BCUT2D eigenvalue weighted by Gasteiger charge is -2.31. The maximum absolute atomic E-state index is 14.1. The third kappa shape index (κ3) is 10.2. The molecule has 0 saturated carbocycles. The molecule has 0 aromatic heterocycles. The Kier molecular flexibility index (Phi) is 13.0. The molecule has 1 amide bonds. The molecule has 3 rings (SSSR count). The molecule has 0 bridgehead atoms. The normalized spacial score (nSPS) is 18.0. The van der Waals surface area contributed by atoms with Gasteiger partial charge in [-0.05, 0) is 89.4 Å². The minimum absolute atomic E-state index is 0.0274. The van der Waals surface area contributed by atoms with Gasteiger partial charge in [-0.15, -0.1) is 0 Å². The molecule has 0 spiro atoms. The average molecular weight is 614 g/mol. The lowest BCUT2D eigenvalue weighted by atomic mass is 9.83. The number of hydrogen-bond donors (Lipinski definition) is 3. The van der Waals surface area contributed by atoms with Gasteiger partial charge in [0.2, 0.25) is 5.90 Å². The number of amides is 1. The van der Waals surface area contributed by atoms with Crippen LogP contribution in [0.4, 0.5) is 0 Å². The van der Waals surface area contributed by atoms with Crippen LogP contribution in [0.3, 0.4) is 0 Å². The molecule has 2 aromatic rings. The van der Waals surface area contributed by atoms with Crippen LogP contribution in [-0.2, 0) is 23.8 Å². The SMILES string of the molecule is COc1cccc([C@@H]2OC(c3ccc(OCCCO)cc3)=N[C@]2(CCC(=O)OC(C)(C)C)C(=O)NNCCCOC(C)C)c1. The topological polar surface area (TPSA) is 137 Å². The van der Waals surface area contributed by atoms with Gasteiger partial charge in [0.1, 0.15) is 17.1 Å². The first-order valence-electron chi connectivity index (χ1n) is 15.1. The summed E-state index contributed by atoms with van der Waals surface area (Å²) in [7, 11) is 1.57. The fourth-order valence-electron chi connectivity index (χ4n) is 4.59. The van der Waals surface area contributed by atoms with Crippen LogP contribution >= 0.6 is 0 Å². The van der Waals surface area contributed by atoms with E-state index in [1.54, 1.807) is 64.3 Å². The van der Waals surface area contributed by atoms with Gasteiger partial charge in [-0.25, -0.2) is 10.4 Å². The number of aliphatic hydroxyl groups excluding tert-OH is 1. The Bertz CT molecular complexity index is 1240. The van der Waals surface area contributed by atoms with E-state index in [0.717, 1.165) is 0 Å². The van der Waals surface area contributed by atoms with E-state index in [1.807, 2.05) is 26.0 Å². The van der Waals surface area contributed by atoms with Crippen molar-refractivity contribution in [3.05, 3.63) is 59.7 Å². The zero-order valence-electron chi connectivity index (χ0n) is 26.7. The molecule has 0 unspecified atom stereocenters. The Morgan fingerprint density at radius 3 is 2.48 bits per heavy atom. The van der Waals surface area contributed by atoms with E-state index in [2.05, 4.69) is 10.9 Å². The summed E-state index contributed by atoms with van der Waals surface area (Å²) in [6.07, 6.45) is 0.412. The molecule has 3 N–H and O–H groups in total. The smallest absolute Gasteiger partial charge is 0.306 e. The van der Waals surface area contributed by atoms with Gasteiger partial charge < -0.3 is 28.8 Å². The Balaban J connectivity index is 1.96. The lowest BCUT2D eigenvalue weighted by Crippen LogP contribution is -2.53. The molecule has 2 aromatic carbocycles. The van der Waals surface area contributed by atoms with E-state index in [-0.39, 0.29) is 31.5 Å². The Hall–Kier alpha value is -3.67. The first kappa shape index (κ1) is 34.8. The Labute approximate surface area is 260 Å². The molecule has 1 heterocycles. The van der Waals surface area contributed by atoms with Crippen LogP contribution in [0.25, 0.3) is 0 Å². The summed E-state index contributed by atoms with van der Waals surface area (Å²) < 4.78 is 28.8. The molecule has 2 atom stereocenters. The number of benzene rings is 2. The van der Waals surface area contributed by atoms with Crippen LogP contribution in [-0.4, -0.2) is 73.6 Å². The number of nitrogens with one attached hydrogen (secondary N) is 2. The van der Waals surface area contributed by atoms with Gasteiger partial charge in [0.05, 0.1) is 19.8 Å². The highest BCUT2D eigenvalue weighted by Crippen LogP contribution is 2.44. The zero-order valence-corrected chi connectivity index (χ0v) is 26.7. The predicted octanol–water partition coefficient (Wildman–Crippen LogP) is 4.27. The highest BCUT2D eigenvalue weighted by atomic mass is 16.6. The van der Waals surface area contributed by atoms with E-state index in [4.69, 9.17) is 33.8 Å². The summed E-state index contributed by atoms with van der Waals surface area (Å²) >= 11 is 0. The van der Waals surface area contributed by atoms with Crippen molar-refractivity contribution in [3.63, 3.8) is 0 Å². The van der Waals surface area contributed by atoms with Crippen molar-refractivity contribution in [2.45, 2.75) is 83.6 Å². The van der Waals surface area contributed by atoms with E-state index < -0.39 is 29.1 Å². The van der Waals surface area contributed by atoms with Crippen molar-refractivity contribution in [3.8, 4) is 11.5 Å². The summed E-state index contributed by atoms with van der Waals surface area (Å²) in [5.74, 6) is 0.585. The van der Waals surface area contributed by atoms with Crippen LogP contribution < -0.4 is 20.3 Å². The van der Waals surface area contributed by atoms with E-state index in [1.165, 1.54) is 0 Å². The Morgan fingerprint density at radius 2 is 1.82 bits per heavy atom. The largest absolute Gasteiger partial charge is 0.497 e. The fraction of sp³-hybridized carbons (Fsp3) is 0.545. The molecular formula is C33H47N3O8. The molecule has 1 aliphatic heterocycles. The average Bonchev–Trinajstić information content (AvgIpc) is 3.38. The van der Waals surface area contributed by atoms with E-state index >= 15 is 0 Å². The number of nitrogens with zero attached hydrogens (tertiary/aromatic N) is 1. The number of methoxy groups -OCH3 is 1. The predicted molar refractivity (Wildman–Crippen MR) is 167 cm³/mol. The molecule has 11 nitrogen and oxygen atoms in total. The van der Waals surface area contributed by atoms with Crippen molar-refractivity contribution in [1.29, 1.82) is 0 Å². The molecule has 44 heavy (non-hydrogen) atoms. The van der Waals surface area contributed by atoms with Crippen molar-refractivity contribution in [1.82, 2.24) is 10.9 Å². The van der Waals surface area contributed by atoms with Crippen LogP contribution in [0.2, 0.25) is 0 Å². The van der Waals surface area contributed by atoms with Crippen LogP contribution in [0.5, 0.6) is 11.5 Å². The third-order valence-electron chi connectivity index (χ3n) is 6.66. The van der Waals surface area contributed by atoms with Crippen molar-refractivity contribution in [2.75, 3.05) is 33.5 Å². The molecule has 0 radical (unpaired) electrons. The van der Waals surface area contributed by atoms with Gasteiger partial charge in [-0.2, -0.15) is 0 Å². The number of carbonyl (C=O) groups is 2. The summed E-state index contributed by atoms with van der Waals surface area (Å²) in [4.78, 5) is 31.9. The van der Waals surface area contributed by atoms with Crippen LogP contribution in [0.15, 0.2) is 53.5 Å². The van der Waals surface area contributed by atoms with Crippen molar-refractivity contribution < 1.29 is 38.4 Å². The summed E-state index contributed by atoms with van der Waals surface area (Å²) in [6, 6.07) is 14.4. The standard InChI is InChI=1S/C33H47N3O8/c1-23(2)41-20-8-18-34-36-31(39)33(17-16-28(38)44-32(3,4)5)29(25-10-7-11-27(22-25)40-6)43-30(35-33)24-12-14-26(15-13-24)42-21-9-19-37/h7,10-15,22-23,29,34,37H,8-9,16-21H2,1-6H3,(H,36,39)/t29-,33-/m0/s1. The molecule has 11 heteroatoms. The molecule has 1 aliphatic rings.